The van der Waals surface area contributed by atoms with Crippen LogP contribution in [0.15, 0.2) is 42.7 Å². The molecule has 1 atom stereocenters. The van der Waals surface area contributed by atoms with Gasteiger partial charge in [-0.3, -0.25) is 0 Å². The predicted molar refractivity (Wildman–Crippen MR) is 88.5 cm³/mol. The van der Waals surface area contributed by atoms with Crippen LogP contribution in [0.5, 0.6) is 0 Å². The summed E-state index contributed by atoms with van der Waals surface area (Å²) in [5.74, 6) is 2.40. The zero-order valence-electron chi connectivity index (χ0n) is 13.0. The van der Waals surface area contributed by atoms with E-state index in [0.29, 0.717) is 5.92 Å². The van der Waals surface area contributed by atoms with Gasteiger partial charge in [0.1, 0.15) is 18.0 Å². The molecule has 0 saturated heterocycles. The lowest BCUT2D eigenvalue weighted by Crippen LogP contribution is -2.10. The molecule has 0 amide bonds. The smallest absolute Gasteiger partial charge is 0.131 e. The Morgan fingerprint density at radius 2 is 1.71 bits per heavy atom. The number of rotatable bonds is 7. The molecule has 0 aliphatic rings. The average molecular weight is 284 g/mol. The molecule has 4 heteroatoms. The first-order valence-electron chi connectivity index (χ1n) is 7.52. The van der Waals surface area contributed by atoms with E-state index in [-0.39, 0.29) is 6.04 Å². The second-order valence-electron chi connectivity index (χ2n) is 5.67. The summed E-state index contributed by atoms with van der Waals surface area (Å²) in [5.41, 5.74) is 1.24. The number of benzene rings is 1. The van der Waals surface area contributed by atoms with Crippen molar-refractivity contribution in [2.45, 2.75) is 33.2 Å². The van der Waals surface area contributed by atoms with Crippen molar-refractivity contribution in [2.75, 3.05) is 17.2 Å². The van der Waals surface area contributed by atoms with E-state index in [2.05, 4.69) is 53.5 Å². The minimum Gasteiger partial charge on any atom is -0.370 e. The summed E-state index contributed by atoms with van der Waals surface area (Å²) in [7, 11) is 0. The van der Waals surface area contributed by atoms with Gasteiger partial charge in [0.15, 0.2) is 0 Å². The molecule has 2 aromatic rings. The van der Waals surface area contributed by atoms with Crippen LogP contribution in [-0.4, -0.2) is 16.5 Å². The lowest BCUT2D eigenvalue weighted by atomic mass is 10.1. The Morgan fingerprint density at radius 1 is 1.00 bits per heavy atom. The summed E-state index contributed by atoms with van der Waals surface area (Å²) in [6.07, 6.45) is 2.73. The zero-order valence-corrected chi connectivity index (χ0v) is 13.0. The maximum atomic E-state index is 4.29. The molecule has 1 aromatic carbocycles. The van der Waals surface area contributed by atoms with Crippen LogP contribution in [0.25, 0.3) is 0 Å². The van der Waals surface area contributed by atoms with Crippen molar-refractivity contribution in [1.29, 1.82) is 0 Å². The van der Waals surface area contributed by atoms with E-state index in [9.17, 15) is 0 Å². The van der Waals surface area contributed by atoms with Crippen molar-refractivity contribution >= 4 is 11.6 Å². The lowest BCUT2D eigenvalue weighted by molar-refractivity contribution is 0.606. The molecule has 0 saturated carbocycles. The fourth-order valence-electron chi connectivity index (χ4n) is 2.07. The standard InChI is InChI=1S/C17H24N4/c1-13(2)9-10-18-16-11-17(20-12-19-16)21-14(3)15-7-5-4-6-8-15/h4-8,11-14H,9-10H2,1-3H3,(H2,18,19,20,21). The van der Waals surface area contributed by atoms with Gasteiger partial charge in [0.05, 0.1) is 0 Å². The van der Waals surface area contributed by atoms with Gasteiger partial charge in [-0.15, -0.1) is 0 Å². The molecule has 0 spiro atoms. The highest BCUT2D eigenvalue weighted by Gasteiger charge is 2.06. The van der Waals surface area contributed by atoms with Gasteiger partial charge < -0.3 is 10.6 Å². The largest absolute Gasteiger partial charge is 0.370 e. The third kappa shape index (κ3) is 5.06. The molecule has 4 nitrogen and oxygen atoms in total. The summed E-state index contributed by atoms with van der Waals surface area (Å²) in [4.78, 5) is 8.54. The Kier molecular flexibility index (Phi) is 5.55. The molecule has 2 N–H and O–H groups in total. The fraction of sp³-hybridized carbons (Fsp3) is 0.412. The number of hydrogen-bond donors (Lipinski definition) is 2. The first-order chi connectivity index (χ1) is 10.1. The summed E-state index contributed by atoms with van der Waals surface area (Å²) in [6, 6.07) is 12.5. The Morgan fingerprint density at radius 3 is 2.43 bits per heavy atom. The monoisotopic (exact) mass is 284 g/mol. The number of anilines is 2. The minimum atomic E-state index is 0.213. The predicted octanol–water partition coefficient (Wildman–Crippen LogP) is 4.11. The molecular weight excluding hydrogens is 260 g/mol. The molecule has 0 radical (unpaired) electrons. The lowest BCUT2D eigenvalue weighted by Gasteiger charge is -2.15. The van der Waals surface area contributed by atoms with Gasteiger partial charge in [-0.05, 0) is 24.8 Å². The molecule has 1 aromatic heterocycles. The van der Waals surface area contributed by atoms with Gasteiger partial charge in [0.25, 0.3) is 0 Å². The number of hydrogen-bond acceptors (Lipinski definition) is 4. The zero-order chi connectivity index (χ0) is 15.1. The van der Waals surface area contributed by atoms with E-state index in [0.717, 1.165) is 24.6 Å². The highest BCUT2D eigenvalue weighted by atomic mass is 15.1. The Balaban J connectivity index is 1.94. The Labute approximate surface area is 127 Å². The van der Waals surface area contributed by atoms with Crippen LogP contribution in [0.3, 0.4) is 0 Å². The van der Waals surface area contributed by atoms with Crippen LogP contribution in [0, 0.1) is 5.92 Å². The second kappa shape index (κ2) is 7.62. The van der Waals surface area contributed by atoms with E-state index in [4.69, 9.17) is 0 Å². The van der Waals surface area contributed by atoms with Crippen molar-refractivity contribution in [2.24, 2.45) is 5.92 Å². The van der Waals surface area contributed by atoms with Crippen molar-refractivity contribution in [1.82, 2.24) is 9.97 Å². The molecule has 0 aliphatic heterocycles. The van der Waals surface area contributed by atoms with Crippen LogP contribution < -0.4 is 10.6 Å². The summed E-state index contributed by atoms with van der Waals surface area (Å²) in [6.45, 7) is 7.50. The second-order valence-corrected chi connectivity index (χ2v) is 5.67. The van der Waals surface area contributed by atoms with Crippen molar-refractivity contribution in [3.8, 4) is 0 Å². The molecule has 112 valence electrons. The number of nitrogens with zero attached hydrogens (tertiary/aromatic N) is 2. The van der Waals surface area contributed by atoms with Crippen LogP contribution in [0.2, 0.25) is 0 Å². The molecule has 0 aliphatic carbocycles. The highest BCUT2D eigenvalue weighted by Crippen LogP contribution is 2.18. The van der Waals surface area contributed by atoms with Gasteiger partial charge in [-0.2, -0.15) is 0 Å². The van der Waals surface area contributed by atoms with E-state index >= 15 is 0 Å². The van der Waals surface area contributed by atoms with Gasteiger partial charge in [0, 0.05) is 18.7 Å². The van der Waals surface area contributed by atoms with E-state index in [1.165, 1.54) is 5.56 Å². The van der Waals surface area contributed by atoms with Crippen LogP contribution in [0.4, 0.5) is 11.6 Å². The third-order valence-corrected chi connectivity index (χ3v) is 3.36. The molecule has 1 heterocycles. The normalized spacial score (nSPS) is 12.2. The SMILES string of the molecule is CC(C)CCNc1cc(NC(C)c2ccccc2)ncn1. The molecule has 1 unspecified atom stereocenters. The minimum absolute atomic E-state index is 0.213. The van der Waals surface area contributed by atoms with E-state index < -0.39 is 0 Å². The topological polar surface area (TPSA) is 49.8 Å². The Bertz CT molecular complexity index is 539. The number of aromatic nitrogens is 2. The molecular formula is C17H24N4. The molecule has 2 rings (SSSR count). The van der Waals surface area contributed by atoms with Crippen molar-refractivity contribution in [3.63, 3.8) is 0 Å². The quantitative estimate of drug-likeness (QED) is 0.803. The summed E-state index contributed by atoms with van der Waals surface area (Å²) in [5, 5.41) is 6.74. The molecule has 0 fully saturated rings. The van der Waals surface area contributed by atoms with Gasteiger partial charge >= 0.3 is 0 Å². The Hall–Kier alpha value is -2.10. The van der Waals surface area contributed by atoms with E-state index in [1.807, 2.05) is 24.3 Å². The van der Waals surface area contributed by atoms with Crippen LogP contribution >= 0.6 is 0 Å². The summed E-state index contributed by atoms with van der Waals surface area (Å²) >= 11 is 0. The maximum absolute atomic E-state index is 4.29. The average Bonchev–Trinajstić information content (AvgIpc) is 2.48. The molecule has 21 heavy (non-hydrogen) atoms. The van der Waals surface area contributed by atoms with E-state index in [1.54, 1.807) is 6.33 Å². The fourth-order valence-corrected chi connectivity index (χ4v) is 2.07. The first kappa shape index (κ1) is 15.3. The maximum Gasteiger partial charge on any atom is 0.131 e. The summed E-state index contributed by atoms with van der Waals surface area (Å²) < 4.78 is 0. The van der Waals surface area contributed by atoms with Crippen molar-refractivity contribution < 1.29 is 0 Å². The highest BCUT2D eigenvalue weighted by molar-refractivity contribution is 5.47. The first-order valence-corrected chi connectivity index (χ1v) is 7.52. The van der Waals surface area contributed by atoms with Gasteiger partial charge in [-0.25, -0.2) is 9.97 Å². The molecule has 0 bridgehead atoms. The van der Waals surface area contributed by atoms with Crippen LogP contribution in [0.1, 0.15) is 38.8 Å². The van der Waals surface area contributed by atoms with Gasteiger partial charge in [0.2, 0.25) is 0 Å². The van der Waals surface area contributed by atoms with Crippen LogP contribution in [-0.2, 0) is 0 Å². The third-order valence-electron chi connectivity index (χ3n) is 3.36. The van der Waals surface area contributed by atoms with Crippen molar-refractivity contribution in [3.05, 3.63) is 48.3 Å². The van der Waals surface area contributed by atoms with Gasteiger partial charge in [-0.1, -0.05) is 44.2 Å². The number of nitrogens with one attached hydrogen (secondary N) is 2.